The maximum absolute atomic E-state index is 12.7. The molecule has 5 nitrogen and oxygen atoms in total. The maximum atomic E-state index is 12.7. The van der Waals surface area contributed by atoms with Crippen molar-refractivity contribution >= 4 is 5.91 Å². The average molecular weight is 389 g/mol. The normalized spacial score (nSPS) is 11.9. The molecule has 0 aliphatic heterocycles. The lowest BCUT2D eigenvalue weighted by molar-refractivity contribution is -0.123. The maximum Gasteiger partial charge on any atom is 0.237 e. The molecule has 1 atom stereocenters. The van der Waals surface area contributed by atoms with Crippen molar-refractivity contribution in [2.75, 3.05) is 0 Å². The highest BCUT2D eigenvalue weighted by molar-refractivity contribution is 5.82. The Labute approximate surface area is 172 Å². The van der Waals surface area contributed by atoms with Crippen LogP contribution in [-0.2, 0) is 24.1 Å². The third-order valence-corrected chi connectivity index (χ3v) is 5.04. The van der Waals surface area contributed by atoms with Crippen molar-refractivity contribution in [3.63, 3.8) is 0 Å². The molecule has 0 bridgehead atoms. The Morgan fingerprint density at radius 2 is 1.31 bits per heavy atom. The predicted molar refractivity (Wildman–Crippen MR) is 115 cm³/mol. The number of hydrogen-bond acceptors (Lipinski definition) is 4. The standard InChI is InChI=1S/C24H28N4O/c25-23(18-21-4-2-1-3-5-21)24(29)28-22(8-6-19-10-14-26-15-11-19)9-7-20-12-16-27-17-13-20/h1-5,10-17,22-23H,6-9,18,25H2,(H,28,29). The highest BCUT2D eigenvalue weighted by atomic mass is 16.2. The number of aryl methyl sites for hydroxylation is 2. The number of carbonyl (C=O) groups is 1. The van der Waals surface area contributed by atoms with Crippen molar-refractivity contribution in [3.8, 4) is 0 Å². The second-order valence-corrected chi connectivity index (χ2v) is 7.29. The van der Waals surface area contributed by atoms with Crippen LogP contribution in [0.25, 0.3) is 0 Å². The number of nitrogens with two attached hydrogens (primary N) is 1. The number of amides is 1. The molecule has 1 unspecified atom stereocenters. The molecule has 150 valence electrons. The minimum absolute atomic E-state index is 0.0608. The highest BCUT2D eigenvalue weighted by Crippen LogP contribution is 2.11. The molecular formula is C24H28N4O. The van der Waals surface area contributed by atoms with E-state index in [1.807, 2.05) is 54.6 Å². The molecule has 0 spiro atoms. The second-order valence-electron chi connectivity index (χ2n) is 7.29. The largest absolute Gasteiger partial charge is 0.352 e. The fraction of sp³-hybridized carbons (Fsp3) is 0.292. The number of pyridine rings is 2. The summed E-state index contributed by atoms with van der Waals surface area (Å²) in [6, 6.07) is 17.5. The van der Waals surface area contributed by atoms with E-state index in [0.29, 0.717) is 6.42 Å². The Morgan fingerprint density at radius 1 is 0.793 bits per heavy atom. The Balaban J connectivity index is 1.58. The van der Waals surface area contributed by atoms with Gasteiger partial charge >= 0.3 is 0 Å². The summed E-state index contributed by atoms with van der Waals surface area (Å²) in [5, 5.41) is 3.18. The lowest BCUT2D eigenvalue weighted by atomic mass is 9.99. The fourth-order valence-corrected chi connectivity index (χ4v) is 3.34. The third kappa shape index (κ3) is 7.12. The van der Waals surface area contributed by atoms with Crippen LogP contribution >= 0.6 is 0 Å². The first-order valence-corrected chi connectivity index (χ1v) is 10.1. The fourth-order valence-electron chi connectivity index (χ4n) is 3.34. The van der Waals surface area contributed by atoms with Crippen LogP contribution in [0.5, 0.6) is 0 Å². The van der Waals surface area contributed by atoms with Gasteiger partial charge in [0.1, 0.15) is 0 Å². The summed E-state index contributed by atoms with van der Waals surface area (Å²) in [5.41, 5.74) is 9.69. The topological polar surface area (TPSA) is 80.9 Å². The third-order valence-electron chi connectivity index (χ3n) is 5.04. The monoisotopic (exact) mass is 388 g/mol. The van der Waals surface area contributed by atoms with Gasteiger partial charge in [0.2, 0.25) is 5.91 Å². The van der Waals surface area contributed by atoms with Gasteiger partial charge in [-0.1, -0.05) is 30.3 Å². The molecule has 2 aromatic heterocycles. The molecule has 1 amide bonds. The summed E-state index contributed by atoms with van der Waals surface area (Å²) < 4.78 is 0. The van der Waals surface area contributed by atoms with Crippen LogP contribution in [0.1, 0.15) is 29.5 Å². The van der Waals surface area contributed by atoms with Crippen LogP contribution in [0.15, 0.2) is 79.4 Å². The number of nitrogens with zero attached hydrogens (tertiary/aromatic N) is 2. The van der Waals surface area contributed by atoms with E-state index in [1.54, 1.807) is 24.8 Å². The van der Waals surface area contributed by atoms with Gasteiger partial charge in [0.05, 0.1) is 6.04 Å². The van der Waals surface area contributed by atoms with Crippen molar-refractivity contribution in [2.45, 2.75) is 44.2 Å². The summed E-state index contributed by atoms with van der Waals surface area (Å²) >= 11 is 0. The summed E-state index contributed by atoms with van der Waals surface area (Å²) in [7, 11) is 0. The van der Waals surface area contributed by atoms with Gasteiger partial charge in [-0.05, 0) is 73.1 Å². The van der Waals surface area contributed by atoms with E-state index in [-0.39, 0.29) is 11.9 Å². The number of hydrogen-bond donors (Lipinski definition) is 2. The van der Waals surface area contributed by atoms with Gasteiger partial charge in [-0.25, -0.2) is 0 Å². The first-order chi connectivity index (χ1) is 14.2. The number of aromatic nitrogens is 2. The molecule has 3 aromatic rings. The van der Waals surface area contributed by atoms with Crippen LogP contribution in [0.3, 0.4) is 0 Å². The minimum Gasteiger partial charge on any atom is -0.352 e. The number of nitrogens with one attached hydrogen (secondary N) is 1. The summed E-state index contributed by atoms with van der Waals surface area (Å²) in [6.45, 7) is 0. The molecule has 0 aliphatic rings. The van der Waals surface area contributed by atoms with Gasteiger partial charge in [-0.3, -0.25) is 14.8 Å². The summed E-state index contributed by atoms with van der Waals surface area (Å²) in [6.07, 6.45) is 11.2. The first-order valence-electron chi connectivity index (χ1n) is 10.1. The minimum atomic E-state index is -0.554. The Hall–Kier alpha value is -3.05. The zero-order valence-electron chi connectivity index (χ0n) is 16.6. The molecule has 1 aromatic carbocycles. The quantitative estimate of drug-likeness (QED) is 0.559. The molecular weight excluding hydrogens is 360 g/mol. The number of rotatable bonds is 10. The zero-order chi connectivity index (χ0) is 20.3. The van der Waals surface area contributed by atoms with Crippen molar-refractivity contribution in [1.82, 2.24) is 15.3 Å². The summed E-state index contributed by atoms with van der Waals surface area (Å²) in [4.78, 5) is 20.9. The van der Waals surface area contributed by atoms with Gasteiger partial charge in [-0.2, -0.15) is 0 Å². The molecule has 5 heteroatoms. The molecule has 3 N–H and O–H groups in total. The van der Waals surface area contributed by atoms with E-state index >= 15 is 0 Å². The second kappa shape index (κ2) is 11.1. The molecule has 0 saturated heterocycles. The first kappa shape index (κ1) is 20.7. The van der Waals surface area contributed by atoms with Crippen LogP contribution in [0, 0.1) is 0 Å². The van der Waals surface area contributed by atoms with E-state index in [9.17, 15) is 4.79 Å². The molecule has 29 heavy (non-hydrogen) atoms. The van der Waals surface area contributed by atoms with Crippen molar-refractivity contribution in [3.05, 3.63) is 96.1 Å². The Bertz CT molecular complexity index is 812. The van der Waals surface area contributed by atoms with Gasteiger partial charge in [0, 0.05) is 30.8 Å². The zero-order valence-corrected chi connectivity index (χ0v) is 16.6. The van der Waals surface area contributed by atoms with Crippen LogP contribution in [-0.4, -0.2) is 28.0 Å². The van der Waals surface area contributed by atoms with Crippen molar-refractivity contribution < 1.29 is 4.79 Å². The highest BCUT2D eigenvalue weighted by Gasteiger charge is 2.18. The van der Waals surface area contributed by atoms with E-state index in [4.69, 9.17) is 5.73 Å². The van der Waals surface area contributed by atoms with Crippen LogP contribution < -0.4 is 11.1 Å². The SMILES string of the molecule is NC(Cc1ccccc1)C(=O)NC(CCc1ccncc1)CCc1ccncc1. The Kier molecular flexibility index (Phi) is 7.90. The van der Waals surface area contributed by atoms with E-state index in [1.165, 1.54) is 11.1 Å². The lowest BCUT2D eigenvalue weighted by Crippen LogP contribution is -2.46. The molecule has 0 fully saturated rings. The Morgan fingerprint density at radius 3 is 1.83 bits per heavy atom. The number of benzene rings is 1. The molecule has 2 heterocycles. The van der Waals surface area contributed by atoms with E-state index < -0.39 is 6.04 Å². The van der Waals surface area contributed by atoms with Gasteiger partial charge < -0.3 is 11.1 Å². The van der Waals surface area contributed by atoms with Crippen molar-refractivity contribution in [1.29, 1.82) is 0 Å². The van der Waals surface area contributed by atoms with Crippen molar-refractivity contribution in [2.24, 2.45) is 5.73 Å². The van der Waals surface area contributed by atoms with Gasteiger partial charge in [0.25, 0.3) is 0 Å². The lowest BCUT2D eigenvalue weighted by Gasteiger charge is -2.21. The van der Waals surface area contributed by atoms with Crippen LogP contribution in [0.2, 0.25) is 0 Å². The van der Waals surface area contributed by atoms with Gasteiger partial charge in [0.15, 0.2) is 0 Å². The molecule has 0 saturated carbocycles. The average Bonchev–Trinajstić information content (AvgIpc) is 2.77. The van der Waals surface area contributed by atoms with Crippen LogP contribution in [0.4, 0.5) is 0 Å². The van der Waals surface area contributed by atoms with Gasteiger partial charge in [-0.15, -0.1) is 0 Å². The molecule has 0 aliphatic carbocycles. The van der Waals surface area contributed by atoms with E-state index in [2.05, 4.69) is 15.3 Å². The molecule has 0 radical (unpaired) electrons. The van der Waals surface area contributed by atoms with E-state index in [0.717, 1.165) is 31.2 Å². The summed E-state index contributed by atoms with van der Waals surface area (Å²) in [5.74, 6) is -0.0942. The number of carbonyl (C=O) groups excluding carboxylic acids is 1. The smallest absolute Gasteiger partial charge is 0.237 e. The molecule has 3 rings (SSSR count). The predicted octanol–water partition coefficient (Wildman–Crippen LogP) is 3.10.